The van der Waals surface area contributed by atoms with Crippen LogP contribution in [0.5, 0.6) is 5.75 Å². The molecule has 4 nitrogen and oxygen atoms in total. The van der Waals surface area contributed by atoms with Gasteiger partial charge < -0.3 is 4.74 Å². The van der Waals surface area contributed by atoms with Crippen LogP contribution >= 0.6 is 11.8 Å². The molecule has 0 aromatic heterocycles. The lowest BCUT2D eigenvalue weighted by Crippen LogP contribution is -2.28. The van der Waals surface area contributed by atoms with Gasteiger partial charge in [0.1, 0.15) is 5.75 Å². The highest BCUT2D eigenvalue weighted by Crippen LogP contribution is 2.34. The van der Waals surface area contributed by atoms with E-state index in [4.69, 9.17) is 9.73 Å². The highest BCUT2D eigenvalue weighted by Gasteiger charge is 2.33. The smallest absolute Gasteiger partial charge is 0.267 e. The van der Waals surface area contributed by atoms with Crippen molar-refractivity contribution in [3.8, 4) is 5.75 Å². The van der Waals surface area contributed by atoms with Crippen molar-refractivity contribution in [1.29, 1.82) is 0 Å². The Balaban J connectivity index is 1.63. The van der Waals surface area contributed by atoms with E-state index < -0.39 is 0 Å². The molecule has 0 saturated carbocycles. The first-order valence-electron chi connectivity index (χ1n) is 10.1. The van der Waals surface area contributed by atoms with Crippen LogP contribution in [0.15, 0.2) is 88.8 Å². The van der Waals surface area contributed by atoms with Crippen molar-refractivity contribution in [2.75, 3.05) is 7.11 Å². The summed E-state index contributed by atoms with van der Waals surface area (Å²) in [6.07, 6.45) is 1.93. The lowest BCUT2D eigenvalue weighted by atomic mass is 10.1. The number of thioether (sulfide) groups is 1. The largest absolute Gasteiger partial charge is 0.496 e. The number of hydrogen-bond donors (Lipinski definition) is 0. The maximum Gasteiger partial charge on any atom is 0.267 e. The summed E-state index contributed by atoms with van der Waals surface area (Å²) in [6.45, 7) is 3.04. The van der Waals surface area contributed by atoms with Crippen molar-refractivity contribution < 1.29 is 9.53 Å². The van der Waals surface area contributed by atoms with Crippen LogP contribution in [0, 0.1) is 6.92 Å². The second-order valence-corrected chi connectivity index (χ2v) is 8.31. The van der Waals surface area contributed by atoms with Crippen molar-refractivity contribution in [1.82, 2.24) is 4.90 Å². The van der Waals surface area contributed by atoms with Crippen LogP contribution in [-0.2, 0) is 17.9 Å². The van der Waals surface area contributed by atoms with Gasteiger partial charge in [-0.25, -0.2) is 0 Å². The predicted octanol–water partition coefficient (Wildman–Crippen LogP) is 5.68. The molecule has 1 aliphatic heterocycles. The van der Waals surface area contributed by atoms with E-state index in [0.29, 0.717) is 18.0 Å². The first-order chi connectivity index (χ1) is 15.1. The summed E-state index contributed by atoms with van der Waals surface area (Å²) in [5.74, 6) is 0.817. The van der Waals surface area contributed by atoms with Crippen molar-refractivity contribution in [2.24, 2.45) is 4.99 Å². The molecule has 0 aliphatic carbocycles. The Morgan fingerprint density at radius 1 is 0.968 bits per heavy atom. The molecule has 1 fully saturated rings. The number of ether oxygens (including phenoxy) is 1. The van der Waals surface area contributed by atoms with Gasteiger partial charge in [-0.1, -0.05) is 66.7 Å². The summed E-state index contributed by atoms with van der Waals surface area (Å²) in [4.78, 5) is 20.5. The van der Waals surface area contributed by atoms with E-state index >= 15 is 0 Å². The maximum absolute atomic E-state index is 13.3. The molecule has 0 unspecified atom stereocenters. The molecule has 0 spiro atoms. The molecule has 0 atom stereocenters. The molecule has 5 heteroatoms. The zero-order chi connectivity index (χ0) is 21.6. The second-order valence-electron chi connectivity index (χ2n) is 7.30. The fourth-order valence-corrected chi connectivity index (χ4v) is 4.39. The van der Waals surface area contributed by atoms with Crippen LogP contribution in [0.25, 0.3) is 6.08 Å². The Morgan fingerprint density at radius 3 is 2.29 bits per heavy atom. The van der Waals surface area contributed by atoms with E-state index in [9.17, 15) is 4.79 Å². The van der Waals surface area contributed by atoms with Crippen LogP contribution < -0.4 is 4.74 Å². The van der Waals surface area contributed by atoms with Crippen molar-refractivity contribution in [2.45, 2.75) is 20.0 Å². The molecule has 3 aromatic rings. The number of amidine groups is 1. The number of benzene rings is 3. The molecule has 3 aromatic carbocycles. The highest BCUT2D eigenvalue weighted by molar-refractivity contribution is 8.18. The molecular weight excluding hydrogens is 404 g/mol. The minimum absolute atomic E-state index is 0.0193. The fourth-order valence-electron chi connectivity index (χ4n) is 3.42. The molecule has 1 amide bonds. The number of rotatable bonds is 6. The molecular formula is C26H24N2O2S. The molecule has 156 valence electrons. The average Bonchev–Trinajstić information content (AvgIpc) is 3.08. The Hall–Kier alpha value is -3.31. The van der Waals surface area contributed by atoms with Crippen LogP contribution in [0.1, 0.15) is 22.3 Å². The first-order valence-corrected chi connectivity index (χ1v) is 10.9. The number of aryl methyl sites for hydroxylation is 1. The number of amides is 1. The number of nitrogens with zero attached hydrogens (tertiary/aromatic N) is 2. The molecule has 1 heterocycles. The lowest BCUT2D eigenvalue weighted by Gasteiger charge is -2.15. The van der Waals surface area contributed by atoms with Gasteiger partial charge in [0, 0.05) is 0 Å². The van der Waals surface area contributed by atoms with E-state index in [-0.39, 0.29) is 5.91 Å². The minimum atomic E-state index is -0.0193. The van der Waals surface area contributed by atoms with Gasteiger partial charge in [-0.3, -0.25) is 14.7 Å². The van der Waals surface area contributed by atoms with Crippen LogP contribution in [0.4, 0.5) is 0 Å². The van der Waals surface area contributed by atoms with Gasteiger partial charge in [-0.2, -0.15) is 0 Å². The number of aliphatic imine (C=N–C) groups is 1. The SMILES string of the molecule is COc1ccc(/C=C2/SC(=NCc3ccccc3)N(Cc3ccccc3)C2=O)cc1C. The first kappa shape index (κ1) is 20.9. The summed E-state index contributed by atoms with van der Waals surface area (Å²) in [6, 6.07) is 26.0. The molecule has 31 heavy (non-hydrogen) atoms. The lowest BCUT2D eigenvalue weighted by molar-refractivity contribution is -0.122. The van der Waals surface area contributed by atoms with Crippen molar-refractivity contribution >= 4 is 28.9 Å². The zero-order valence-corrected chi connectivity index (χ0v) is 18.4. The van der Waals surface area contributed by atoms with Gasteiger partial charge in [0.15, 0.2) is 5.17 Å². The maximum atomic E-state index is 13.3. The Bertz CT molecular complexity index is 1120. The number of carbonyl (C=O) groups is 1. The van der Waals surface area contributed by atoms with E-state index in [0.717, 1.165) is 33.2 Å². The molecule has 0 bridgehead atoms. The number of hydrogen-bond acceptors (Lipinski definition) is 4. The van der Waals surface area contributed by atoms with Crippen LogP contribution in [0.3, 0.4) is 0 Å². The van der Waals surface area contributed by atoms with E-state index in [1.807, 2.05) is 91.9 Å². The zero-order valence-electron chi connectivity index (χ0n) is 17.6. The quantitative estimate of drug-likeness (QED) is 0.475. The normalized spacial score (nSPS) is 16.3. The predicted molar refractivity (Wildman–Crippen MR) is 128 cm³/mol. The molecule has 1 saturated heterocycles. The van der Waals surface area contributed by atoms with Gasteiger partial charge in [0.05, 0.1) is 25.1 Å². The monoisotopic (exact) mass is 428 g/mol. The topological polar surface area (TPSA) is 41.9 Å². The fraction of sp³-hybridized carbons (Fsp3) is 0.154. The summed E-state index contributed by atoms with van der Waals surface area (Å²) < 4.78 is 5.35. The highest BCUT2D eigenvalue weighted by atomic mass is 32.2. The standard InChI is InChI=1S/C26H24N2O2S/c1-19-15-22(13-14-23(19)30-2)16-24-25(29)28(18-21-11-7-4-8-12-21)26(31-24)27-17-20-9-5-3-6-10-20/h3-16H,17-18H2,1-2H3/b24-16+,27-26?. The van der Waals surface area contributed by atoms with Crippen LogP contribution in [-0.4, -0.2) is 23.1 Å². The van der Waals surface area contributed by atoms with Gasteiger partial charge in [-0.15, -0.1) is 0 Å². The van der Waals surface area contributed by atoms with Gasteiger partial charge >= 0.3 is 0 Å². The van der Waals surface area contributed by atoms with Crippen molar-refractivity contribution in [3.63, 3.8) is 0 Å². The summed E-state index contributed by atoms with van der Waals surface area (Å²) in [5, 5.41) is 0.731. The molecule has 0 radical (unpaired) electrons. The van der Waals surface area contributed by atoms with Crippen LogP contribution in [0.2, 0.25) is 0 Å². The number of methoxy groups -OCH3 is 1. The minimum Gasteiger partial charge on any atom is -0.496 e. The summed E-state index contributed by atoms with van der Waals surface area (Å²) in [5.41, 5.74) is 4.20. The van der Waals surface area contributed by atoms with Gasteiger partial charge in [0.2, 0.25) is 0 Å². The van der Waals surface area contributed by atoms with E-state index in [1.165, 1.54) is 11.8 Å². The molecule has 0 N–H and O–H groups in total. The van der Waals surface area contributed by atoms with Gasteiger partial charge in [0.25, 0.3) is 5.91 Å². The number of carbonyl (C=O) groups excluding carboxylic acids is 1. The van der Waals surface area contributed by atoms with E-state index in [1.54, 1.807) is 12.0 Å². The summed E-state index contributed by atoms with van der Waals surface area (Å²) >= 11 is 1.43. The Morgan fingerprint density at radius 2 is 1.65 bits per heavy atom. The average molecular weight is 429 g/mol. The van der Waals surface area contributed by atoms with Crippen molar-refractivity contribution in [3.05, 3.63) is 106 Å². The Kier molecular flexibility index (Phi) is 6.53. The third-order valence-electron chi connectivity index (χ3n) is 5.03. The summed E-state index contributed by atoms with van der Waals surface area (Å²) in [7, 11) is 1.66. The van der Waals surface area contributed by atoms with E-state index in [2.05, 4.69) is 0 Å². The Labute approximate surface area is 187 Å². The van der Waals surface area contributed by atoms with Gasteiger partial charge in [-0.05, 0) is 59.1 Å². The molecule has 4 rings (SSSR count). The second kappa shape index (κ2) is 9.67. The third-order valence-corrected chi connectivity index (χ3v) is 6.07. The third kappa shape index (κ3) is 5.06. The molecule has 1 aliphatic rings.